The second kappa shape index (κ2) is 7.79. The maximum absolute atomic E-state index is 12.1. The number of hydrogen-bond acceptors (Lipinski definition) is 6. The van der Waals surface area contributed by atoms with Crippen molar-refractivity contribution >= 4 is 11.8 Å². The van der Waals surface area contributed by atoms with Crippen molar-refractivity contribution in [2.75, 3.05) is 38.3 Å². The Morgan fingerprint density at radius 2 is 1.92 bits per heavy atom. The van der Waals surface area contributed by atoms with Crippen LogP contribution in [0.1, 0.15) is 15.9 Å². The number of morpholine rings is 1. The molecule has 1 aromatic carbocycles. The van der Waals surface area contributed by atoms with E-state index < -0.39 is 0 Å². The molecule has 0 aliphatic carbocycles. The molecule has 0 amide bonds. The maximum Gasteiger partial charge on any atom is 0.340 e. The summed E-state index contributed by atoms with van der Waals surface area (Å²) in [5, 5.41) is 0. The predicted octanol–water partition coefficient (Wildman–Crippen LogP) is 2.28. The fourth-order valence-corrected chi connectivity index (χ4v) is 2.44. The molecule has 1 fully saturated rings. The van der Waals surface area contributed by atoms with Crippen molar-refractivity contribution in [1.82, 2.24) is 4.98 Å². The van der Waals surface area contributed by atoms with Crippen LogP contribution in [-0.2, 0) is 16.1 Å². The highest BCUT2D eigenvalue weighted by Crippen LogP contribution is 2.15. The number of carbonyl (C=O) groups is 1. The van der Waals surface area contributed by atoms with E-state index in [1.165, 1.54) is 0 Å². The Morgan fingerprint density at radius 1 is 1.17 bits per heavy atom. The van der Waals surface area contributed by atoms with E-state index in [4.69, 9.17) is 14.2 Å². The minimum atomic E-state index is -0.383. The summed E-state index contributed by atoms with van der Waals surface area (Å²) in [5.74, 6) is 1.24. The molecule has 0 N–H and O–H groups in total. The third-order valence-corrected chi connectivity index (χ3v) is 3.85. The number of ether oxygens (including phenoxy) is 3. The molecule has 1 aromatic heterocycles. The van der Waals surface area contributed by atoms with E-state index in [9.17, 15) is 4.79 Å². The first kappa shape index (κ1) is 16.3. The fraction of sp³-hybridized carbons (Fsp3) is 0.333. The van der Waals surface area contributed by atoms with Crippen molar-refractivity contribution in [3.8, 4) is 5.75 Å². The first-order chi connectivity index (χ1) is 11.8. The van der Waals surface area contributed by atoms with Crippen molar-refractivity contribution in [3.63, 3.8) is 0 Å². The van der Waals surface area contributed by atoms with Gasteiger partial charge in [0.25, 0.3) is 0 Å². The van der Waals surface area contributed by atoms with E-state index in [-0.39, 0.29) is 12.6 Å². The quantitative estimate of drug-likeness (QED) is 0.785. The van der Waals surface area contributed by atoms with Crippen LogP contribution in [0.25, 0.3) is 0 Å². The van der Waals surface area contributed by atoms with Crippen LogP contribution in [0.3, 0.4) is 0 Å². The highest BCUT2D eigenvalue weighted by molar-refractivity contribution is 5.89. The van der Waals surface area contributed by atoms with Crippen molar-refractivity contribution < 1.29 is 19.0 Å². The van der Waals surface area contributed by atoms with E-state index >= 15 is 0 Å². The molecule has 2 heterocycles. The number of methoxy groups -OCH3 is 1. The lowest BCUT2D eigenvalue weighted by Gasteiger charge is -2.27. The SMILES string of the molecule is COc1ccc(COC(=O)c2ccc(N3CCOCC3)nc2)cc1. The monoisotopic (exact) mass is 328 g/mol. The number of carbonyl (C=O) groups excluding carboxylic acids is 1. The fourth-order valence-electron chi connectivity index (χ4n) is 2.44. The number of hydrogen-bond donors (Lipinski definition) is 0. The molecular formula is C18H20N2O4. The Morgan fingerprint density at radius 3 is 2.54 bits per heavy atom. The lowest BCUT2D eigenvalue weighted by atomic mass is 10.2. The summed E-state index contributed by atoms with van der Waals surface area (Å²) < 4.78 is 15.7. The number of rotatable bonds is 5. The summed E-state index contributed by atoms with van der Waals surface area (Å²) in [4.78, 5) is 18.6. The van der Waals surface area contributed by atoms with Gasteiger partial charge in [-0.3, -0.25) is 0 Å². The van der Waals surface area contributed by atoms with Crippen LogP contribution in [0.4, 0.5) is 5.82 Å². The molecule has 0 unspecified atom stereocenters. The number of benzene rings is 1. The highest BCUT2D eigenvalue weighted by atomic mass is 16.5. The minimum absolute atomic E-state index is 0.216. The molecule has 24 heavy (non-hydrogen) atoms. The second-order valence-corrected chi connectivity index (χ2v) is 5.43. The minimum Gasteiger partial charge on any atom is -0.497 e. The largest absolute Gasteiger partial charge is 0.497 e. The maximum atomic E-state index is 12.1. The topological polar surface area (TPSA) is 60.9 Å². The Labute approximate surface area is 141 Å². The van der Waals surface area contributed by atoms with E-state index in [0.29, 0.717) is 18.8 Å². The van der Waals surface area contributed by atoms with E-state index in [1.807, 2.05) is 30.3 Å². The summed E-state index contributed by atoms with van der Waals surface area (Å²) in [6, 6.07) is 11.0. The molecule has 126 valence electrons. The first-order valence-corrected chi connectivity index (χ1v) is 7.85. The summed E-state index contributed by atoms with van der Waals surface area (Å²) in [6.45, 7) is 3.25. The van der Waals surface area contributed by atoms with Crippen molar-refractivity contribution in [2.24, 2.45) is 0 Å². The number of anilines is 1. The van der Waals surface area contributed by atoms with Crippen molar-refractivity contribution in [1.29, 1.82) is 0 Å². The Balaban J connectivity index is 1.56. The summed E-state index contributed by atoms with van der Waals surface area (Å²) in [6.07, 6.45) is 1.56. The summed E-state index contributed by atoms with van der Waals surface area (Å²) in [7, 11) is 1.61. The zero-order chi connectivity index (χ0) is 16.8. The van der Waals surface area contributed by atoms with Crippen LogP contribution in [0.2, 0.25) is 0 Å². The van der Waals surface area contributed by atoms with Gasteiger partial charge < -0.3 is 19.1 Å². The zero-order valence-electron chi connectivity index (χ0n) is 13.6. The predicted molar refractivity (Wildman–Crippen MR) is 89.4 cm³/mol. The molecule has 0 bridgehead atoms. The normalized spacial score (nSPS) is 14.3. The summed E-state index contributed by atoms with van der Waals surface area (Å²) in [5.41, 5.74) is 1.35. The van der Waals surface area contributed by atoms with Gasteiger partial charge in [-0.25, -0.2) is 9.78 Å². The van der Waals surface area contributed by atoms with Gasteiger partial charge in [0.15, 0.2) is 0 Å². The molecule has 3 rings (SSSR count). The molecule has 6 heteroatoms. The van der Waals surface area contributed by atoms with E-state index in [0.717, 1.165) is 30.2 Å². The molecule has 1 aliphatic rings. The van der Waals surface area contributed by atoms with Gasteiger partial charge in [0.05, 0.1) is 25.9 Å². The lowest BCUT2D eigenvalue weighted by molar-refractivity contribution is 0.0472. The van der Waals surface area contributed by atoms with Gasteiger partial charge in [-0.2, -0.15) is 0 Å². The van der Waals surface area contributed by atoms with Gasteiger partial charge in [0.2, 0.25) is 0 Å². The van der Waals surface area contributed by atoms with Crippen LogP contribution in [0, 0.1) is 0 Å². The molecule has 0 atom stereocenters. The van der Waals surface area contributed by atoms with Crippen LogP contribution >= 0.6 is 0 Å². The van der Waals surface area contributed by atoms with Crippen LogP contribution in [0.5, 0.6) is 5.75 Å². The van der Waals surface area contributed by atoms with Gasteiger partial charge in [-0.05, 0) is 29.8 Å². The molecule has 0 spiro atoms. The molecular weight excluding hydrogens is 308 g/mol. The Hall–Kier alpha value is -2.60. The Bertz CT molecular complexity index is 664. The average molecular weight is 328 g/mol. The van der Waals surface area contributed by atoms with Gasteiger partial charge in [0.1, 0.15) is 18.2 Å². The zero-order valence-corrected chi connectivity index (χ0v) is 13.6. The van der Waals surface area contributed by atoms with Gasteiger partial charge in [0, 0.05) is 19.3 Å². The van der Waals surface area contributed by atoms with Gasteiger partial charge in [-0.1, -0.05) is 12.1 Å². The number of esters is 1. The molecule has 0 saturated carbocycles. The molecule has 1 aliphatic heterocycles. The standard InChI is InChI=1S/C18H20N2O4/c1-22-16-5-2-14(3-6-16)13-24-18(21)15-4-7-17(19-12-15)20-8-10-23-11-9-20/h2-7,12H,8-11,13H2,1H3. The molecule has 6 nitrogen and oxygen atoms in total. The number of nitrogens with zero attached hydrogens (tertiary/aromatic N) is 2. The average Bonchev–Trinajstić information content (AvgIpc) is 2.67. The third kappa shape index (κ3) is 4.02. The summed E-state index contributed by atoms with van der Waals surface area (Å²) >= 11 is 0. The first-order valence-electron chi connectivity index (χ1n) is 7.85. The molecule has 2 aromatic rings. The van der Waals surface area contributed by atoms with Crippen LogP contribution in [0.15, 0.2) is 42.6 Å². The van der Waals surface area contributed by atoms with Crippen molar-refractivity contribution in [3.05, 3.63) is 53.7 Å². The lowest BCUT2D eigenvalue weighted by Crippen LogP contribution is -2.36. The highest BCUT2D eigenvalue weighted by Gasteiger charge is 2.14. The van der Waals surface area contributed by atoms with Gasteiger partial charge in [-0.15, -0.1) is 0 Å². The molecule has 1 saturated heterocycles. The van der Waals surface area contributed by atoms with Crippen LogP contribution in [-0.4, -0.2) is 44.4 Å². The van der Waals surface area contributed by atoms with E-state index in [1.54, 1.807) is 19.4 Å². The smallest absolute Gasteiger partial charge is 0.340 e. The molecule has 0 radical (unpaired) electrons. The Kier molecular flexibility index (Phi) is 5.28. The van der Waals surface area contributed by atoms with Crippen LogP contribution < -0.4 is 9.64 Å². The van der Waals surface area contributed by atoms with Gasteiger partial charge >= 0.3 is 5.97 Å². The van der Waals surface area contributed by atoms with E-state index in [2.05, 4.69) is 9.88 Å². The number of aromatic nitrogens is 1. The number of pyridine rings is 1. The van der Waals surface area contributed by atoms with Crippen molar-refractivity contribution in [2.45, 2.75) is 6.61 Å². The second-order valence-electron chi connectivity index (χ2n) is 5.43. The third-order valence-electron chi connectivity index (χ3n) is 3.85.